The predicted octanol–water partition coefficient (Wildman–Crippen LogP) is 6.59. The summed E-state index contributed by atoms with van der Waals surface area (Å²) in [5.41, 5.74) is 5.61. The number of H-pyrrole nitrogens is 1. The van der Waals surface area contributed by atoms with Gasteiger partial charge in [0.25, 0.3) is 0 Å². The Labute approximate surface area is 216 Å². The molecule has 1 N–H and O–H groups in total. The number of tetrazole rings is 1. The van der Waals surface area contributed by atoms with E-state index in [2.05, 4.69) is 76.1 Å². The number of aromatic nitrogens is 4. The second kappa shape index (κ2) is 12.2. The van der Waals surface area contributed by atoms with E-state index in [0.29, 0.717) is 13.2 Å². The quantitative estimate of drug-likeness (QED) is 0.185. The molecule has 190 valence electrons. The molecular formula is C30H32N4O3. The van der Waals surface area contributed by atoms with Gasteiger partial charge in [-0.2, -0.15) is 0 Å². The van der Waals surface area contributed by atoms with Gasteiger partial charge in [0, 0.05) is 29.4 Å². The Bertz CT molecular complexity index is 1380. The standard InChI is InChI=1S/C30H32N4O3/c1-2-8-26-28(18-17-25-27(21-37-30(25)26)23-10-4-3-5-11-23)36-20-7-19-35-24-15-13-22(14-16-24)9-6-12-29-31-33-34-32-29/h3-5,10-11,13-18,21H,2,6-9,12,19-20H2,1H3,(H,31,32,33,34). The fourth-order valence-electron chi connectivity index (χ4n) is 4.53. The van der Waals surface area contributed by atoms with Crippen LogP contribution in [-0.2, 0) is 19.3 Å². The molecule has 0 spiro atoms. The van der Waals surface area contributed by atoms with Crippen LogP contribution in [0.4, 0.5) is 0 Å². The molecule has 3 aromatic carbocycles. The number of nitrogens with zero attached hydrogens (tertiary/aromatic N) is 3. The average Bonchev–Trinajstić information content (AvgIpc) is 3.61. The highest BCUT2D eigenvalue weighted by molar-refractivity contribution is 5.96. The number of furan rings is 1. The highest BCUT2D eigenvalue weighted by Crippen LogP contribution is 2.37. The third kappa shape index (κ3) is 6.17. The summed E-state index contributed by atoms with van der Waals surface area (Å²) in [6.45, 7) is 3.36. The predicted molar refractivity (Wildman–Crippen MR) is 144 cm³/mol. The number of fused-ring (bicyclic) bond motifs is 1. The first-order valence-electron chi connectivity index (χ1n) is 13.0. The first-order valence-corrected chi connectivity index (χ1v) is 13.0. The minimum Gasteiger partial charge on any atom is -0.493 e. The van der Waals surface area contributed by atoms with E-state index in [1.54, 1.807) is 0 Å². The van der Waals surface area contributed by atoms with Crippen molar-refractivity contribution in [2.24, 2.45) is 0 Å². The normalized spacial score (nSPS) is 11.2. The van der Waals surface area contributed by atoms with Crippen molar-refractivity contribution >= 4 is 11.0 Å². The first kappa shape index (κ1) is 24.6. The van der Waals surface area contributed by atoms with Gasteiger partial charge in [-0.1, -0.05) is 55.8 Å². The summed E-state index contributed by atoms with van der Waals surface area (Å²) in [4.78, 5) is 0. The van der Waals surface area contributed by atoms with E-state index in [1.165, 1.54) is 5.56 Å². The number of aryl methyl sites for hydroxylation is 3. The fourth-order valence-corrected chi connectivity index (χ4v) is 4.53. The van der Waals surface area contributed by atoms with Gasteiger partial charge >= 0.3 is 0 Å². The lowest BCUT2D eigenvalue weighted by Gasteiger charge is -2.12. The second-order valence-electron chi connectivity index (χ2n) is 9.08. The minimum atomic E-state index is 0.586. The Morgan fingerprint density at radius 3 is 2.46 bits per heavy atom. The van der Waals surface area contributed by atoms with E-state index in [-0.39, 0.29) is 0 Å². The number of benzene rings is 3. The van der Waals surface area contributed by atoms with Crippen LogP contribution >= 0.6 is 0 Å². The molecule has 7 heteroatoms. The molecule has 0 aliphatic rings. The lowest BCUT2D eigenvalue weighted by molar-refractivity contribution is 0.246. The highest BCUT2D eigenvalue weighted by Gasteiger charge is 2.15. The van der Waals surface area contributed by atoms with Crippen molar-refractivity contribution in [2.45, 2.75) is 45.4 Å². The molecule has 0 saturated carbocycles. The van der Waals surface area contributed by atoms with Crippen molar-refractivity contribution < 1.29 is 13.9 Å². The molecule has 0 aliphatic carbocycles. The molecule has 37 heavy (non-hydrogen) atoms. The van der Waals surface area contributed by atoms with Crippen LogP contribution in [0.3, 0.4) is 0 Å². The number of hydrogen-bond donors (Lipinski definition) is 1. The molecular weight excluding hydrogens is 464 g/mol. The zero-order chi connectivity index (χ0) is 25.3. The Kier molecular flexibility index (Phi) is 8.11. The number of nitrogens with one attached hydrogen (secondary N) is 1. The van der Waals surface area contributed by atoms with Crippen LogP contribution in [0.15, 0.2) is 77.4 Å². The lowest BCUT2D eigenvalue weighted by Crippen LogP contribution is -2.06. The SMILES string of the molecule is CCCc1c(OCCCOc2ccc(CCCc3nnn[nH]3)cc2)ccc2c(-c3ccccc3)coc12. The van der Waals surface area contributed by atoms with Gasteiger partial charge in [-0.3, -0.25) is 0 Å². The zero-order valence-electron chi connectivity index (χ0n) is 21.2. The molecule has 5 aromatic rings. The van der Waals surface area contributed by atoms with E-state index < -0.39 is 0 Å². The monoisotopic (exact) mass is 496 g/mol. The Hall–Kier alpha value is -4.13. The second-order valence-corrected chi connectivity index (χ2v) is 9.08. The molecule has 0 unspecified atom stereocenters. The van der Waals surface area contributed by atoms with Crippen molar-refractivity contribution in [3.05, 3.63) is 89.9 Å². The zero-order valence-corrected chi connectivity index (χ0v) is 21.2. The van der Waals surface area contributed by atoms with E-state index >= 15 is 0 Å². The van der Waals surface area contributed by atoms with E-state index in [4.69, 9.17) is 13.9 Å². The summed E-state index contributed by atoms with van der Waals surface area (Å²) >= 11 is 0. The molecule has 0 atom stereocenters. The van der Waals surface area contributed by atoms with Crippen LogP contribution in [-0.4, -0.2) is 33.8 Å². The Morgan fingerprint density at radius 1 is 0.838 bits per heavy atom. The minimum absolute atomic E-state index is 0.586. The first-order chi connectivity index (χ1) is 18.3. The molecule has 5 rings (SSSR count). The number of ether oxygens (including phenoxy) is 2. The smallest absolute Gasteiger partial charge is 0.148 e. The van der Waals surface area contributed by atoms with E-state index in [0.717, 1.165) is 83.5 Å². The van der Waals surface area contributed by atoms with Gasteiger partial charge in [0.1, 0.15) is 22.9 Å². The van der Waals surface area contributed by atoms with Crippen molar-refractivity contribution in [3.63, 3.8) is 0 Å². The third-order valence-corrected chi connectivity index (χ3v) is 6.39. The number of hydrogen-bond acceptors (Lipinski definition) is 6. The summed E-state index contributed by atoms with van der Waals surface area (Å²) in [5.74, 6) is 2.60. The van der Waals surface area contributed by atoms with Gasteiger partial charge in [-0.05, 0) is 65.1 Å². The van der Waals surface area contributed by atoms with Gasteiger partial charge < -0.3 is 13.9 Å². The molecule has 7 nitrogen and oxygen atoms in total. The average molecular weight is 497 g/mol. The van der Waals surface area contributed by atoms with Gasteiger partial charge in [-0.15, -0.1) is 5.10 Å². The van der Waals surface area contributed by atoms with E-state index in [9.17, 15) is 0 Å². The summed E-state index contributed by atoms with van der Waals surface area (Å²) < 4.78 is 18.2. The van der Waals surface area contributed by atoms with Crippen LogP contribution in [0.2, 0.25) is 0 Å². The third-order valence-electron chi connectivity index (χ3n) is 6.39. The summed E-state index contributed by atoms with van der Waals surface area (Å²) in [6.07, 6.45) is 7.39. The number of aromatic amines is 1. The molecule has 0 bridgehead atoms. The maximum absolute atomic E-state index is 6.19. The molecule has 2 heterocycles. The van der Waals surface area contributed by atoms with Gasteiger partial charge in [0.2, 0.25) is 0 Å². The summed E-state index contributed by atoms with van der Waals surface area (Å²) in [6, 6.07) is 22.8. The van der Waals surface area contributed by atoms with Gasteiger partial charge in [0.15, 0.2) is 0 Å². The van der Waals surface area contributed by atoms with Crippen LogP contribution in [0.5, 0.6) is 11.5 Å². The van der Waals surface area contributed by atoms with Gasteiger partial charge in [-0.25, -0.2) is 5.10 Å². The van der Waals surface area contributed by atoms with E-state index in [1.807, 2.05) is 24.5 Å². The summed E-state index contributed by atoms with van der Waals surface area (Å²) in [5, 5.41) is 15.0. The molecule has 2 aromatic heterocycles. The number of rotatable bonds is 13. The Morgan fingerprint density at radius 2 is 1.68 bits per heavy atom. The fraction of sp³-hybridized carbons (Fsp3) is 0.300. The van der Waals surface area contributed by atoms with Crippen molar-refractivity contribution in [3.8, 4) is 22.6 Å². The van der Waals surface area contributed by atoms with Crippen molar-refractivity contribution in [1.82, 2.24) is 20.6 Å². The molecule has 0 aliphatic heterocycles. The van der Waals surface area contributed by atoms with Crippen LogP contribution in [0.25, 0.3) is 22.1 Å². The largest absolute Gasteiger partial charge is 0.493 e. The lowest BCUT2D eigenvalue weighted by atomic mass is 10.0. The molecule has 0 saturated heterocycles. The van der Waals surface area contributed by atoms with Crippen LogP contribution in [0, 0.1) is 0 Å². The summed E-state index contributed by atoms with van der Waals surface area (Å²) in [7, 11) is 0. The van der Waals surface area contributed by atoms with Gasteiger partial charge in [0.05, 0.1) is 19.5 Å². The molecule has 0 amide bonds. The topological polar surface area (TPSA) is 86.1 Å². The molecule has 0 fully saturated rings. The van der Waals surface area contributed by atoms with Crippen LogP contribution < -0.4 is 9.47 Å². The maximum atomic E-state index is 6.19. The highest BCUT2D eigenvalue weighted by atomic mass is 16.5. The van der Waals surface area contributed by atoms with Crippen molar-refractivity contribution in [1.29, 1.82) is 0 Å². The van der Waals surface area contributed by atoms with Crippen molar-refractivity contribution in [2.75, 3.05) is 13.2 Å². The molecule has 0 radical (unpaired) electrons. The van der Waals surface area contributed by atoms with Crippen LogP contribution in [0.1, 0.15) is 43.1 Å². The maximum Gasteiger partial charge on any atom is 0.148 e. The Balaban J connectivity index is 1.11.